The molecule has 0 saturated carbocycles. The highest BCUT2D eigenvalue weighted by molar-refractivity contribution is 6.31. The Morgan fingerprint density at radius 3 is 2.17 bits per heavy atom. The summed E-state index contributed by atoms with van der Waals surface area (Å²) in [6.07, 6.45) is -4.59. The van der Waals surface area contributed by atoms with Gasteiger partial charge in [0.25, 0.3) is 0 Å². The molecule has 18 heavy (non-hydrogen) atoms. The second-order valence-electron chi connectivity index (χ2n) is 3.78. The van der Waals surface area contributed by atoms with Crippen LogP contribution in [0.25, 0.3) is 0 Å². The van der Waals surface area contributed by atoms with Crippen LogP contribution in [0.2, 0.25) is 5.02 Å². The van der Waals surface area contributed by atoms with Crippen molar-refractivity contribution in [2.75, 3.05) is 4.90 Å². The standard InChI is InChI=1S/C11H7ClF3NO2/c12-8-2-1-6(5-7(8)11(13,14)15)16-9(17)3-4-10(16)18/h1-2,5H,3-4H2. The monoisotopic (exact) mass is 277 g/mol. The second kappa shape index (κ2) is 4.28. The van der Waals surface area contributed by atoms with Crippen LogP contribution in [0.4, 0.5) is 18.9 Å². The van der Waals surface area contributed by atoms with E-state index in [-0.39, 0.29) is 18.5 Å². The van der Waals surface area contributed by atoms with Crippen molar-refractivity contribution in [2.24, 2.45) is 0 Å². The van der Waals surface area contributed by atoms with Crippen LogP contribution in [-0.4, -0.2) is 11.8 Å². The number of alkyl halides is 3. The van der Waals surface area contributed by atoms with Gasteiger partial charge in [-0.05, 0) is 18.2 Å². The highest BCUT2D eigenvalue weighted by Crippen LogP contribution is 2.37. The van der Waals surface area contributed by atoms with Crippen molar-refractivity contribution in [1.29, 1.82) is 0 Å². The highest BCUT2D eigenvalue weighted by atomic mass is 35.5. The Bertz CT molecular complexity index is 512. The fourth-order valence-electron chi connectivity index (χ4n) is 1.73. The summed E-state index contributed by atoms with van der Waals surface area (Å²) in [5.74, 6) is -1.01. The highest BCUT2D eigenvalue weighted by Gasteiger charge is 2.36. The van der Waals surface area contributed by atoms with Gasteiger partial charge in [0, 0.05) is 12.8 Å². The predicted molar refractivity (Wildman–Crippen MR) is 58.2 cm³/mol. The van der Waals surface area contributed by atoms with Gasteiger partial charge in [0.1, 0.15) is 0 Å². The van der Waals surface area contributed by atoms with E-state index in [0.717, 1.165) is 11.0 Å². The summed E-state index contributed by atoms with van der Waals surface area (Å²) in [6, 6.07) is 2.96. The molecule has 0 atom stereocenters. The lowest BCUT2D eigenvalue weighted by Crippen LogP contribution is -2.28. The first-order chi connectivity index (χ1) is 8.30. The van der Waals surface area contributed by atoms with E-state index in [0.29, 0.717) is 6.07 Å². The maximum Gasteiger partial charge on any atom is 0.417 e. The Labute approximate surface area is 105 Å². The SMILES string of the molecule is O=C1CCC(=O)N1c1ccc(Cl)c(C(F)(F)F)c1. The lowest BCUT2D eigenvalue weighted by atomic mass is 10.2. The van der Waals surface area contributed by atoms with Crippen LogP contribution in [0.3, 0.4) is 0 Å². The van der Waals surface area contributed by atoms with E-state index in [9.17, 15) is 22.8 Å². The van der Waals surface area contributed by atoms with Crippen LogP contribution in [0, 0.1) is 0 Å². The molecule has 0 bridgehead atoms. The van der Waals surface area contributed by atoms with Crippen LogP contribution >= 0.6 is 11.6 Å². The number of rotatable bonds is 1. The zero-order chi connectivity index (χ0) is 13.5. The summed E-state index contributed by atoms with van der Waals surface area (Å²) in [4.78, 5) is 23.6. The van der Waals surface area contributed by atoms with Crippen LogP contribution in [0.5, 0.6) is 0 Å². The number of amides is 2. The molecule has 1 fully saturated rings. The molecule has 1 saturated heterocycles. The topological polar surface area (TPSA) is 37.4 Å². The zero-order valence-electron chi connectivity index (χ0n) is 8.92. The van der Waals surface area contributed by atoms with Gasteiger partial charge >= 0.3 is 6.18 Å². The van der Waals surface area contributed by atoms with Gasteiger partial charge in [0.05, 0.1) is 16.3 Å². The van der Waals surface area contributed by atoms with Crippen LogP contribution < -0.4 is 4.90 Å². The number of nitrogens with zero attached hydrogens (tertiary/aromatic N) is 1. The van der Waals surface area contributed by atoms with Crippen LogP contribution in [0.15, 0.2) is 18.2 Å². The lowest BCUT2D eigenvalue weighted by molar-refractivity contribution is -0.137. The summed E-state index contributed by atoms with van der Waals surface area (Å²) in [5, 5.41) is -0.467. The van der Waals surface area contributed by atoms with E-state index in [2.05, 4.69) is 0 Å². The molecule has 3 nitrogen and oxygen atoms in total. The Kier molecular flexibility index (Phi) is 3.06. The molecule has 0 unspecified atom stereocenters. The van der Waals surface area contributed by atoms with Gasteiger partial charge in [-0.25, -0.2) is 0 Å². The van der Waals surface area contributed by atoms with E-state index in [4.69, 9.17) is 11.6 Å². The van der Waals surface area contributed by atoms with Crippen molar-refractivity contribution < 1.29 is 22.8 Å². The van der Waals surface area contributed by atoms with Gasteiger partial charge < -0.3 is 0 Å². The predicted octanol–water partition coefficient (Wildman–Crippen LogP) is 3.01. The van der Waals surface area contributed by atoms with E-state index in [1.165, 1.54) is 6.07 Å². The Hall–Kier alpha value is -1.56. The summed E-state index contributed by atoms with van der Waals surface area (Å²) in [5.41, 5.74) is -1.16. The van der Waals surface area contributed by atoms with E-state index < -0.39 is 28.6 Å². The van der Waals surface area contributed by atoms with Gasteiger partial charge in [0.2, 0.25) is 11.8 Å². The molecule has 0 radical (unpaired) electrons. The summed E-state index contributed by atoms with van der Waals surface area (Å²) < 4.78 is 37.9. The molecule has 0 spiro atoms. The van der Waals surface area contributed by atoms with Crippen molar-refractivity contribution >= 4 is 29.1 Å². The first-order valence-electron chi connectivity index (χ1n) is 5.03. The first-order valence-corrected chi connectivity index (χ1v) is 5.41. The number of carbonyl (C=O) groups is 2. The number of hydrogen-bond acceptors (Lipinski definition) is 2. The molecule has 2 amide bonds. The van der Waals surface area contributed by atoms with E-state index >= 15 is 0 Å². The van der Waals surface area contributed by atoms with Crippen molar-refractivity contribution in [3.63, 3.8) is 0 Å². The molecule has 7 heteroatoms. The van der Waals surface area contributed by atoms with Gasteiger partial charge in [-0.1, -0.05) is 11.6 Å². The molecule has 2 rings (SSSR count). The van der Waals surface area contributed by atoms with Crippen molar-refractivity contribution in [2.45, 2.75) is 19.0 Å². The largest absolute Gasteiger partial charge is 0.417 e. The third kappa shape index (κ3) is 2.20. The molecule has 0 N–H and O–H groups in total. The van der Waals surface area contributed by atoms with Gasteiger partial charge in [-0.15, -0.1) is 0 Å². The number of halogens is 4. The molecule has 1 heterocycles. The lowest BCUT2D eigenvalue weighted by Gasteiger charge is -2.16. The maximum atomic E-state index is 12.6. The smallest absolute Gasteiger partial charge is 0.274 e. The van der Waals surface area contributed by atoms with E-state index in [1.54, 1.807) is 0 Å². The van der Waals surface area contributed by atoms with Crippen molar-refractivity contribution in [3.05, 3.63) is 28.8 Å². The molecule has 1 aliphatic rings. The van der Waals surface area contributed by atoms with Crippen LogP contribution in [-0.2, 0) is 15.8 Å². The van der Waals surface area contributed by atoms with Crippen LogP contribution in [0.1, 0.15) is 18.4 Å². The Balaban J connectivity index is 2.48. The average Bonchev–Trinajstić information content (AvgIpc) is 2.58. The fraction of sp³-hybridized carbons (Fsp3) is 0.273. The zero-order valence-corrected chi connectivity index (χ0v) is 9.68. The Morgan fingerprint density at radius 2 is 1.67 bits per heavy atom. The normalized spacial score (nSPS) is 16.6. The number of hydrogen-bond donors (Lipinski definition) is 0. The third-order valence-electron chi connectivity index (χ3n) is 2.57. The first kappa shape index (κ1) is 12.9. The fourth-order valence-corrected chi connectivity index (χ4v) is 1.96. The second-order valence-corrected chi connectivity index (χ2v) is 4.19. The number of anilines is 1. The molecule has 0 aromatic heterocycles. The molecular weight excluding hydrogens is 271 g/mol. The third-order valence-corrected chi connectivity index (χ3v) is 2.89. The number of benzene rings is 1. The molecule has 1 aromatic rings. The van der Waals surface area contributed by atoms with E-state index in [1.807, 2.05) is 0 Å². The molecular formula is C11H7ClF3NO2. The summed E-state index contributed by atoms with van der Waals surface area (Å²) >= 11 is 5.45. The van der Waals surface area contributed by atoms with Gasteiger partial charge in [-0.2, -0.15) is 13.2 Å². The molecule has 1 aliphatic heterocycles. The van der Waals surface area contributed by atoms with Gasteiger partial charge in [-0.3, -0.25) is 14.5 Å². The minimum absolute atomic E-state index is 0.0167. The maximum absolute atomic E-state index is 12.6. The average molecular weight is 278 g/mol. The summed E-state index contributed by atoms with van der Waals surface area (Å²) in [6.45, 7) is 0. The quantitative estimate of drug-likeness (QED) is 0.740. The van der Waals surface area contributed by atoms with Crippen molar-refractivity contribution in [3.8, 4) is 0 Å². The van der Waals surface area contributed by atoms with Crippen molar-refractivity contribution in [1.82, 2.24) is 0 Å². The molecule has 96 valence electrons. The number of carbonyl (C=O) groups excluding carboxylic acids is 2. The number of imide groups is 1. The van der Waals surface area contributed by atoms with Gasteiger partial charge in [0.15, 0.2) is 0 Å². The Morgan fingerprint density at radius 1 is 1.11 bits per heavy atom. The summed E-state index contributed by atoms with van der Waals surface area (Å²) in [7, 11) is 0. The minimum Gasteiger partial charge on any atom is -0.274 e. The molecule has 1 aromatic carbocycles. The molecule has 0 aliphatic carbocycles. The minimum atomic E-state index is -4.63.